The standard InChI is InChI=1S/C21H27N3O3/c1-15(2)14-27-20-11-7-17(8-12-20)22-13-21(26)23-18-5-9-19(10-6-18)24(4)16(3)25/h5-12,15,22H,13-14H2,1-4H3,(H,23,26). The van der Waals surface area contributed by atoms with E-state index in [1.807, 2.05) is 24.3 Å². The molecule has 0 spiro atoms. The summed E-state index contributed by atoms with van der Waals surface area (Å²) in [7, 11) is 1.71. The van der Waals surface area contributed by atoms with Gasteiger partial charge < -0.3 is 20.3 Å². The fourth-order valence-electron chi connectivity index (χ4n) is 2.27. The van der Waals surface area contributed by atoms with Gasteiger partial charge in [-0.2, -0.15) is 0 Å². The molecule has 6 nitrogen and oxygen atoms in total. The fourth-order valence-corrected chi connectivity index (χ4v) is 2.27. The molecule has 2 rings (SSSR count). The number of carbonyl (C=O) groups excluding carboxylic acids is 2. The Morgan fingerprint density at radius 3 is 2.15 bits per heavy atom. The molecule has 0 aliphatic rings. The molecule has 2 amide bonds. The van der Waals surface area contributed by atoms with E-state index in [9.17, 15) is 9.59 Å². The van der Waals surface area contributed by atoms with Gasteiger partial charge >= 0.3 is 0 Å². The van der Waals surface area contributed by atoms with Crippen LogP contribution in [0, 0.1) is 5.92 Å². The van der Waals surface area contributed by atoms with Crippen molar-refractivity contribution in [3.8, 4) is 5.75 Å². The van der Waals surface area contributed by atoms with Crippen LogP contribution in [0.2, 0.25) is 0 Å². The zero-order valence-electron chi connectivity index (χ0n) is 16.3. The molecule has 0 saturated heterocycles. The fraction of sp³-hybridized carbons (Fsp3) is 0.333. The Labute approximate surface area is 160 Å². The van der Waals surface area contributed by atoms with E-state index in [-0.39, 0.29) is 18.4 Å². The lowest BCUT2D eigenvalue weighted by Gasteiger charge is -2.15. The summed E-state index contributed by atoms with van der Waals surface area (Å²) in [6.45, 7) is 6.54. The number of amides is 2. The zero-order chi connectivity index (χ0) is 19.8. The molecule has 0 heterocycles. The highest BCUT2D eigenvalue weighted by atomic mass is 16.5. The second kappa shape index (κ2) is 9.62. The van der Waals surface area contributed by atoms with E-state index in [1.54, 1.807) is 36.2 Å². The van der Waals surface area contributed by atoms with Crippen LogP contribution in [0.1, 0.15) is 20.8 Å². The third-order valence-electron chi connectivity index (χ3n) is 3.90. The Kier molecular flexibility index (Phi) is 7.23. The summed E-state index contributed by atoms with van der Waals surface area (Å²) in [6, 6.07) is 14.7. The van der Waals surface area contributed by atoms with Crippen LogP contribution in [0.4, 0.5) is 17.1 Å². The molecule has 0 fully saturated rings. The SMILES string of the molecule is CC(=O)N(C)c1ccc(NC(=O)CNc2ccc(OCC(C)C)cc2)cc1. The summed E-state index contributed by atoms with van der Waals surface area (Å²) >= 11 is 0. The highest BCUT2D eigenvalue weighted by molar-refractivity contribution is 5.94. The minimum Gasteiger partial charge on any atom is -0.493 e. The predicted octanol–water partition coefficient (Wildman–Crippen LogP) is 3.75. The first kappa shape index (κ1) is 20.3. The molecule has 0 saturated carbocycles. The van der Waals surface area contributed by atoms with Crippen molar-refractivity contribution in [3.05, 3.63) is 48.5 Å². The molecule has 0 bridgehead atoms. The molecule has 0 radical (unpaired) electrons. The van der Waals surface area contributed by atoms with Gasteiger partial charge in [0.1, 0.15) is 5.75 Å². The first-order valence-corrected chi connectivity index (χ1v) is 8.96. The molecule has 144 valence electrons. The van der Waals surface area contributed by atoms with Gasteiger partial charge in [-0.05, 0) is 54.4 Å². The van der Waals surface area contributed by atoms with Crippen molar-refractivity contribution in [1.82, 2.24) is 0 Å². The number of nitrogens with one attached hydrogen (secondary N) is 2. The van der Waals surface area contributed by atoms with E-state index in [0.717, 1.165) is 17.1 Å². The number of benzene rings is 2. The van der Waals surface area contributed by atoms with Gasteiger partial charge in [-0.1, -0.05) is 13.8 Å². The van der Waals surface area contributed by atoms with Crippen molar-refractivity contribution in [2.24, 2.45) is 5.92 Å². The number of ether oxygens (including phenoxy) is 1. The molecule has 0 aromatic heterocycles. The molecule has 2 aromatic carbocycles. The normalized spacial score (nSPS) is 10.4. The first-order valence-electron chi connectivity index (χ1n) is 8.96. The maximum absolute atomic E-state index is 12.1. The van der Waals surface area contributed by atoms with E-state index >= 15 is 0 Å². The number of nitrogens with zero attached hydrogens (tertiary/aromatic N) is 1. The van der Waals surface area contributed by atoms with Gasteiger partial charge in [0.25, 0.3) is 0 Å². The second-order valence-corrected chi connectivity index (χ2v) is 6.76. The maximum atomic E-state index is 12.1. The smallest absolute Gasteiger partial charge is 0.243 e. The number of hydrogen-bond acceptors (Lipinski definition) is 4. The molecule has 2 aromatic rings. The summed E-state index contributed by atoms with van der Waals surface area (Å²) in [6.07, 6.45) is 0. The van der Waals surface area contributed by atoms with Crippen LogP contribution in [0.25, 0.3) is 0 Å². The van der Waals surface area contributed by atoms with Gasteiger partial charge in [0, 0.05) is 31.0 Å². The Balaban J connectivity index is 1.81. The molecule has 27 heavy (non-hydrogen) atoms. The van der Waals surface area contributed by atoms with Gasteiger partial charge in [-0.25, -0.2) is 0 Å². The minimum absolute atomic E-state index is 0.0448. The molecule has 6 heteroatoms. The maximum Gasteiger partial charge on any atom is 0.243 e. The third kappa shape index (κ3) is 6.66. The van der Waals surface area contributed by atoms with E-state index in [1.165, 1.54) is 6.92 Å². The highest BCUT2D eigenvalue weighted by Crippen LogP contribution is 2.18. The molecule has 0 aliphatic heterocycles. The van der Waals surface area contributed by atoms with Crippen LogP contribution in [0.5, 0.6) is 5.75 Å². The predicted molar refractivity (Wildman–Crippen MR) is 109 cm³/mol. The first-order chi connectivity index (χ1) is 12.8. The van der Waals surface area contributed by atoms with Crippen molar-refractivity contribution in [2.45, 2.75) is 20.8 Å². The number of rotatable bonds is 8. The van der Waals surface area contributed by atoms with Gasteiger partial charge in [0.2, 0.25) is 11.8 Å². The zero-order valence-corrected chi connectivity index (χ0v) is 16.3. The number of anilines is 3. The Morgan fingerprint density at radius 2 is 1.59 bits per heavy atom. The van der Waals surface area contributed by atoms with Crippen LogP contribution in [0.15, 0.2) is 48.5 Å². The number of carbonyl (C=O) groups is 2. The van der Waals surface area contributed by atoms with E-state index in [0.29, 0.717) is 18.2 Å². The average Bonchev–Trinajstić information content (AvgIpc) is 2.65. The van der Waals surface area contributed by atoms with Crippen molar-refractivity contribution >= 4 is 28.9 Å². The second-order valence-electron chi connectivity index (χ2n) is 6.76. The van der Waals surface area contributed by atoms with Gasteiger partial charge in [-0.3, -0.25) is 9.59 Å². The molecule has 0 aliphatic carbocycles. The molecule has 0 unspecified atom stereocenters. The molecular weight excluding hydrogens is 342 g/mol. The summed E-state index contributed by atoms with van der Waals surface area (Å²) in [5.41, 5.74) is 2.30. The van der Waals surface area contributed by atoms with Gasteiger partial charge in [0.05, 0.1) is 13.2 Å². The van der Waals surface area contributed by atoms with Crippen LogP contribution in [0.3, 0.4) is 0 Å². The quantitative estimate of drug-likeness (QED) is 0.743. The van der Waals surface area contributed by atoms with Gasteiger partial charge in [-0.15, -0.1) is 0 Å². The topological polar surface area (TPSA) is 70.7 Å². The Bertz CT molecular complexity index is 755. The van der Waals surface area contributed by atoms with Crippen molar-refractivity contribution < 1.29 is 14.3 Å². The average molecular weight is 369 g/mol. The summed E-state index contributed by atoms with van der Waals surface area (Å²) in [4.78, 5) is 25.0. The monoisotopic (exact) mass is 369 g/mol. The molecular formula is C21H27N3O3. The Hall–Kier alpha value is -3.02. The van der Waals surface area contributed by atoms with Crippen molar-refractivity contribution in [3.63, 3.8) is 0 Å². The van der Waals surface area contributed by atoms with Crippen LogP contribution in [-0.4, -0.2) is 32.0 Å². The molecule has 2 N–H and O–H groups in total. The van der Waals surface area contributed by atoms with E-state index in [4.69, 9.17) is 4.74 Å². The lowest BCUT2D eigenvalue weighted by Crippen LogP contribution is -2.23. The number of hydrogen-bond donors (Lipinski definition) is 2. The molecule has 0 atom stereocenters. The Morgan fingerprint density at radius 1 is 1.00 bits per heavy atom. The van der Waals surface area contributed by atoms with Crippen LogP contribution < -0.4 is 20.3 Å². The third-order valence-corrected chi connectivity index (χ3v) is 3.90. The van der Waals surface area contributed by atoms with Gasteiger partial charge in [0.15, 0.2) is 0 Å². The minimum atomic E-state index is -0.150. The summed E-state index contributed by atoms with van der Waals surface area (Å²) in [5, 5.41) is 5.90. The summed E-state index contributed by atoms with van der Waals surface area (Å²) in [5.74, 6) is 1.09. The summed E-state index contributed by atoms with van der Waals surface area (Å²) < 4.78 is 5.64. The van der Waals surface area contributed by atoms with Crippen LogP contribution in [-0.2, 0) is 9.59 Å². The lowest BCUT2D eigenvalue weighted by molar-refractivity contribution is -0.116. The van der Waals surface area contributed by atoms with E-state index in [2.05, 4.69) is 24.5 Å². The lowest BCUT2D eigenvalue weighted by atomic mass is 10.2. The van der Waals surface area contributed by atoms with Crippen LogP contribution >= 0.6 is 0 Å². The largest absolute Gasteiger partial charge is 0.493 e. The van der Waals surface area contributed by atoms with E-state index < -0.39 is 0 Å². The highest BCUT2D eigenvalue weighted by Gasteiger charge is 2.07. The van der Waals surface area contributed by atoms with Crippen molar-refractivity contribution in [1.29, 1.82) is 0 Å². The van der Waals surface area contributed by atoms with Crippen molar-refractivity contribution in [2.75, 3.05) is 35.7 Å².